The third kappa shape index (κ3) is 4.72. The fourth-order valence-electron chi connectivity index (χ4n) is 2.85. The predicted octanol–water partition coefficient (Wildman–Crippen LogP) is 2.08. The van der Waals surface area contributed by atoms with E-state index in [9.17, 15) is 14.4 Å². The summed E-state index contributed by atoms with van der Waals surface area (Å²) in [7, 11) is 0. The van der Waals surface area contributed by atoms with Crippen LogP contribution in [0.3, 0.4) is 0 Å². The number of hydrazine groups is 1. The summed E-state index contributed by atoms with van der Waals surface area (Å²) in [5, 5.41) is 2.41. The number of furan rings is 1. The van der Waals surface area contributed by atoms with Crippen molar-refractivity contribution in [1.29, 1.82) is 0 Å². The van der Waals surface area contributed by atoms with Gasteiger partial charge in [0.1, 0.15) is 5.76 Å². The summed E-state index contributed by atoms with van der Waals surface area (Å²) in [6.07, 6.45) is 8.18. The summed E-state index contributed by atoms with van der Waals surface area (Å²) < 4.78 is 5.06. The number of nitrogens with one attached hydrogen (secondary N) is 3. The Balaban J connectivity index is 1.49. The molecule has 1 aliphatic rings. The fourth-order valence-corrected chi connectivity index (χ4v) is 4.00. The third-order valence-electron chi connectivity index (χ3n) is 4.22. The largest absolute Gasteiger partial charge is 0.467 e. The Hall–Kier alpha value is -2.61. The topological polar surface area (TPSA) is 100 Å². The van der Waals surface area contributed by atoms with Crippen LogP contribution in [0.25, 0.3) is 0 Å². The number of carbonyl (C=O) groups is 3. The fraction of sp³-hybridized carbons (Fsp3) is 0.389. The third-order valence-corrected chi connectivity index (χ3v) is 5.46. The number of hydrogen-bond donors (Lipinski definition) is 3. The zero-order valence-electron chi connectivity index (χ0n) is 14.3. The van der Waals surface area contributed by atoms with Gasteiger partial charge in [0.2, 0.25) is 0 Å². The van der Waals surface area contributed by atoms with E-state index in [1.165, 1.54) is 40.9 Å². The number of carbonyl (C=O) groups excluding carboxylic acids is 3. The van der Waals surface area contributed by atoms with E-state index in [0.717, 1.165) is 25.7 Å². The van der Waals surface area contributed by atoms with Crippen LogP contribution < -0.4 is 16.2 Å². The maximum absolute atomic E-state index is 12.2. The van der Waals surface area contributed by atoms with Crippen LogP contribution in [0.4, 0.5) is 0 Å². The van der Waals surface area contributed by atoms with Gasteiger partial charge in [0.15, 0.2) is 0 Å². The van der Waals surface area contributed by atoms with Crippen molar-refractivity contribution in [2.45, 2.75) is 45.1 Å². The second-order valence-corrected chi connectivity index (χ2v) is 7.28. The minimum Gasteiger partial charge on any atom is -0.467 e. The SMILES string of the molecule is O=C(NCc1ccco1)C(=O)NNC(=O)c1cc2c(s1)CCCCCC2. The van der Waals surface area contributed by atoms with Crippen LogP contribution in [0.5, 0.6) is 0 Å². The van der Waals surface area contributed by atoms with E-state index in [4.69, 9.17) is 4.42 Å². The van der Waals surface area contributed by atoms with Gasteiger partial charge >= 0.3 is 11.8 Å². The van der Waals surface area contributed by atoms with E-state index in [1.807, 2.05) is 6.07 Å². The smallest absolute Gasteiger partial charge is 0.327 e. The van der Waals surface area contributed by atoms with Gasteiger partial charge in [0.05, 0.1) is 17.7 Å². The van der Waals surface area contributed by atoms with Crippen molar-refractivity contribution in [2.75, 3.05) is 0 Å². The molecule has 0 fully saturated rings. The second-order valence-electron chi connectivity index (χ2n) is 6.14. The highest BCUT2D eigenvalue weighted by Crippen LogP contribution is 2.28. The molecule has 0 aromatic carbocycles. The molecule has 26 heavy (non-hydrogen) atoms. The Morgan fingerprint density at radius 2 is 1.85 bits per heavy atom. The van der Waals surface area contributed by atoms with Crippen molar-refractivity contribution in [2.24, 2.45) is 0 Å². The van der Waals surface area contributed by atoms with E-state index in [-0.39, 0.29) is 6.54 Å². The molecule has 138 valence electrons. The van der Waals surface area contributed by atoms with Gasteiger partial charge in [0, 0.05) is 4.88 Å². The van der Waals surface area contributed by atoms with Crippen LogP contribution in [-0.2, 0) is 29.0 Å². The molecule has 7 nitrogen and oxygen atoms in total. The molecule has 3 amide bonds. The highest BCUT2D eigenvalue weighted by Gasteiger charge is 2.18. The van der Waals surface area contributed by atoms with Crippen molar-refractivity contribution in [3.63, 3.8) is 0 Å². The number of thiophene rings is 1. The molecule has 0 atom stereocenters. The Labute approximate surface area is 155 Å². The molecule has 0 saturated carbocycles. The Bertz CT molecular complexity index is 757. The van der Waals surface area contributed by atoms with E-state index in [2.05, 4.69) is 16.2 Å². The lowest BCUT2D eigenvalue weighted by molar-refractivity contribution is -0.139. The number of rotatable bonds is 3. The lowest BCUT2D eigenvalue weighted by atomic mass is 10.00. The number of hydrogen-bond acceptors (Lipinski definition) is 5. The average Bonchev–Trinajstić information content (AvgIpc) is 3.27. The highest BCUT2D eigenvalue weighted by atomic mass is 32.1. The van der Waals surface area contributed by atoms with Crippen LogP contribution in [0, 0.1) is 0 Å². The van der Waals surface area contributed by atoms with Crippen LogP contribution in [0.15, 0.2) is 28.9 Å². The molecule has 1 aliphatic carbocycles. The molecule has 0 saturated heterocycles. The zero-order chi connectivity index (χ0) is 18.4. The summed E-state index contributed by atoms with van der Waals surface area (Å²) in [6.45, 7) is 0.102. The van der Waals surface area contributed by atoms with E-state index in [1.54, 1.807) is 12.1 Å². The van der Waals surface area contributed by atoms with Gasteiger partial charge in [0.25, 0.3) is 5.91 Å². The number of fused-ring (bicyclic) bond motifs is 1. The van der Waals surface area contributed by atoms with Crippen LogP contribution >= 0.6 is 11.3 Å². The molecule has 2 aromatic rings. The molecule has 8 heteroatoms. The van der Waals surface area contributed by atoms with Gasteiger partial charge < -0.3 is 9.73 Å². The first kappa shape index (κ1) is 18.2. The molecule has 0 radical (unpaired) electrons. The Kier molecular flexibility index (Phi) is 6.06. The van der Waals surface area contributed by atoms with Crippen molar-refractivity contribution >= 4 is 29.1 Å². The Morgan fingerprint density at radius 1 is 1.04 bits per heavy atom. The first-order valence-corrected chi connectivity index (χ1v) is 9.47. The van der Waals surface area contributed by atoms with Crippen molar-refractivity contribution in [1.82, 2.24) is 16.2 Å². The molecule has 3 rings (SSSR count). The summed E-state index contributed by atoms with van der Waals surface area (Å²) in [5.74, 6) is -1.65. The molecule has 0 aliphatic heterocycles. The molecular weight excluding hydrogens is 354 g/mol. The van der Waals surface area contributed by atoms with E-state index < -0.39 is 17.7 Å². The molecule has 0 unspecified atom stereocenters. The monoisotopic (exact) mass is 375 g/mol. The van der Waals surface area contributed by atoms with Crippen molar-refractivity contribution in [3.05, 3.63) is 45.5 Å². The minimum absolute atomic E-state index is 0.102. The van der Waals surface area contributed by atoms with Gasteiger partial charge in [-0.2, -0.15) is 0 Å². The maximum atomic E-state index is 12.2. The van der Waals surface area contributed by atoms with E-state index in [0.29, 0.717) is 10.6 Å². The lowest BCUT2D eigenvalue weighted by Gasteiger charge is -2.07. The quantitative estimate of drug-likeness (QED) is 0.565. The number of amides is 3. The number of aryl methyl sites for hydroxylation is 2. The summed E-state index contributed by atoms with van der Waals surface area (Å²) in [5.41, 5.74) is 5.67. The first-order chi connectivity index (χ1) is 12.6. The van der Waals surface area contributed by atoms with Crippen molar-refractivity contribution in [3.8, 4) is 0 Å². The standard InChI is InChI=1S/C18H21N3O4S/c22-16(15-10-12-6-3-1-2-4-8-14(12)26-15)20-21-18(24)17(23)19-11-13-7-5-9-25-13/h5,7,9-10H,1-4,6,8,11H2,(H,19,23)(H,20,22)(H,21,24). The van der Waals surface area contributed by atoms with Gasteiger partial charge in [-0.15, -0.1) is 11.3 Å². The maximum Gasteiger partial charge on any atom is 0.327 e. The summed E-state index contributed by atoms with van der Waals surface area (Å²) >= 11 is 1.46. The van der Waals surface area contributed by atoms with Crippen LogP contribution in [-0.4, -0.2) is 17.7 Å². The van der Waals surface area contributed by atoms with E-state index >= 15 is 0 Å². The van der Waals surface area contributed by atoms with Gasteiger partial charge in [-0.05, 0) is 49.4 Å². The first-order valence-electron chi connectivity index (χ1n) is 8.66. The normalized spacial score (nSPS) is 13.8. The summed E-state index contributed by atoms with van der Waals surface area (Å²) in [6, 6.07) is 5.26. The van der Waals surface area contributed by atoms with Crippen LogP contribution in [0.1, 0.15) is 51.6 Å². The molecule has 2 aromatic heterocycles. The molecule has 0 spiro atoms. The molecule has 2 heterocycles. The van der Waals surface area contributed by atoms with Gasteiger partial charge in [-0.25, -0.2) is 0 Å². The second kappa shape index (κ2) is 8.66. The Morgan fingerprint density at radius 3 is 2.62 bits per heavy atom. The highest BCUT2D eigenvalue weighted by molar-refractivity contribution is 7.14. The zero-order valence-corrected chi connectivity index (χ0v) is 15.1. The lowest BCUT2D eigenvalue weighted by Crippen LogP contribution is -2.48. The molecular formula is C18H21N3O4S. The summed E-state index contributed by atoms with van der Waals surface area (Å²) in [4.78, 5) is 37.5. The predicted molar refractivity (Wildman–Crippen MR) is 96.4 cm³/mol. The molecule has 0 bridgehead atoms. The molecule has 3 N–H and O–H groups in total. The van der Waals surface area contributed by atoms with Crippen molar-refractivity contribution < 1.29 is 18.8 Å². The minimum atomic E-state index is -0.931. The average molecular weight is 375 g/mol. The van der Waals surface area contributed by atoms with Crippen LogP contribution in [0.2, 0.25) is 0 Å². The van der Waals surface area contributed by atoms with Gasteiger partial charge in [-0.3, -0.25) is 25.2 Å². The van der Waals surface area contributed by atoms with Gasteiger partial charge in [-0.1, -0.05) is 12.8 Å².